The molecule has 2 aromatic rings. The molecule has 3 nitrogen and oxygen atoms in total. The average Bonchev–Trinajstić information content (AvgIpc) is 3.27. The van der Waals surface area contributed by atoms with Gasteiger partial charge in [0.2, 0.25) is 0 Å². The molecule has 1 amide bonds. The van der Waals surface area contributed by atoms with Crippen LogP contribution in [0.3, 0.4) is 0 Å². The van der Waals surface area contributed by atoms with Crippen molar-refractivity contribution in [1.82, 2.24) is 5.32 Å². The summed E-state index contributed by atoms with van der Waals surface area (Å²) < 4.78 is 0. The number of anilines is 1. The molecule has 4 rings (SSSR count). The van der Waals surface area contributed by atoms with Gasteiger partial charge in [-0.1, -0.05) is 30.5 Å². The zero-order valence-electron chi connectivity index (χ0n) is 14.0. The number of carbonyl (C=O) groups excluding carboxylic acids is 1. The highest BCUT2D eigenvalue weighted by Gasteiger charge is 2.20. The van der Waals surface area contributed by atoms with Crippen LogP contribution in [0.5, 0.6) is 0 Å². The van der Waals surface area contributed by atoms with E-state index in [1.807, 2.05) is 30.0 Å². The minimum atomic E-state index is -0.0890. The molecule has 0 unspecified atom stereocenters. The lowest BCUT2D eigenvalue weighted by Gasteiger charge is -2.14. The van der Waals surface area contributed by atoms with Gasteiger partial charge >= 0.3 is 0 Å². The van der Waals surface area contributed by atoms with E-state index >= 15 is 0 Å². The Morgan fingerprint density at radius 1 is 1.08 bits per heavy atom. The zero-order chi connectivity index (χ0) is 17.2. The van der Waals surface area contributed by atoms with Crippen molar-refractivity contribution >= 4 is 35.0 Å². The zero-order valence-corrected chi connectivity index (χ0v) is 15.6. The first-order chi connectivity index (χ1) is 12.2. The van der Waals surface area contributed by atoms with Crippen molar-refractivity contribution in [2.24, 2.45) is 0 Å². The third-order valence-electron chi connectivity index (χ3n) is 4.88. The van der Waals surface area contributed by atoms with E-state index in [2.05, 4.69) is 22.8 Å². The summed E-state index contributed by atoms with van der Waals surface area (Å²) in [5.74, 6) is -0.0890. The van der Waals surface area contributed by atoms with Gasteiger partial charge in [-0.3, -0.25) is 4.79 Å². The van der Waals surface area contributed by atoms with E-state index in [0.29, 0.717) is 15.8 Å². The number of hydrogen-bond acceptors (Lipinski definition) is 3. The molecule has 1 aliphatic carbocycles. The molecule has 1 heterocycles. The van der Waals surface area contributed by atoms with Gasteiger partial charge in [0.05, 0.1) is 5.56 Å². The van der Waals surface area contributed by atoms with E-state index in [9.17, 15) is 4.79 Å². The lowest BCUT2D eigenvalue weighted by molar-refractivity contribution is 0.102. The van der Waals surface area contributed by atoms with Crippen molar-refractivity contribution in [1.29, 1.82) is 0 Å². The minimum absolute atomic E-state index is 0.0890. The smallest absolute Gasteiger partial charge is 0.256 e. The largest absolute Gasteiger partial charge is 0.322 e. The summed E-state index contributed by atoms with van der Waals surface area (Å²) in [6, 6.07) is 11.7. The van der Waals surface area contributed by atoms with Crippen LogP contribution in [0.15, 0.2) is 41.3 Å². The van der Waals surface area contributed by atoms with Crippen LogP contribution >= 0.6 is 23.4 Å². The molecule has 0 bridgehead atoms. The van der Waals surface area contributed by atoms with Gasteiger partial charge < -0.3 is 10.6 Å². The van der Waals surface area contributed by atoms with E-state index < -0.39 is 0 Å². The van der Waals surface area contributed by atoms with Crippen molar-refractivity contribution in [2.45, 2.75) is 48.9 Å². The second-order valence-corrected chi connectivity index (χ2v) is 8.48. The van der Waals surface area contributed by atoms with Gasteiger partial charge in [-0.2, -0.15) is 0 Å². The Hall–Kier alpha value is -1.49. The van der Waals surface area contributed by atoms with Gasteiger partial charge in [0.15, 0.2) is 0 Å². The maximum absolute atomic E-state index is 12.9. The molecular weight excluding hydrogens is 352 g/mol. The highest BCUT2D eigenvalue weighted by Crippen LogP contribution is 2.37. The summed E-state index contributed by atoms with van der Waals surface area (Å²) >= 11 is 7.98. The number of halogens is 1. The third kappa shape index (κ3) is 3.86. The van der Waals surface area contributed by atoms with E-state index in [1.54, 1.807) is 6.07 Å². The Balaban J connectivity index is 1.55. The predicted octanol–water partition coefficient (Wildman–Crippen LogP) is 5.23. The van der Waals surface area contributed by atoms with Crippen molar-refractivity contribution in [3.05, 3.63) is 58.1 Å². The number of carbonyl (C=O) groups is 1. The van der Waals surface area contributed by atoms with Crippen LogP contribution in [0.25, 0.3) is 0 Å². The number of benzene rings is 2. The molecular formula is C20H21ClN2OS. The van der Waals surface area contributed by atoms with E-state index in [1.165, 1.54) is 36.8 Å². The molecule has 130 valence electrons. The van der Waals surface area contributed by atoms with Gasteiger partial charge in [-0.25, -0.2) is 0 Å². The van der Waals surface area contributed by atoms with Gasteiger partial charge in [-0.05, 0) is 54.3 Å². The third-order valence-corrected chi connectivity index (χ3v) is 6.53. The molecule has 0 aromatic heterocycles. The Kier molecular flexibility index (Phi) is 5.02. The molecule has 2 N–H and O–H groups in total. The highest BCUT2D eigenvalue weighted by atomic mass is 35.5. The predicted molar refractivity (Wildman–Crippen MR) is 105 cm³/mol. The fourth-order valence-corrected chi connectivity index (χ4v) is 5.06. The fourth-order valence-electron chi connectivity index (χ4n) is 3.54. The Morgan fingerprint density at radius 3 is 2.72 bits per heavy atom. The second kappa shape index (κ2) is 7.40. The van der Waals surface area contributed by atoms with Crippen molar-refractivity contribution in [3.8, 4) is 0 Å². The molecule has 1 aliphatic heterocycles. The SMILES string of the molecule is O=C(Nc1ccc2c(c1)CNC2)c1cc(Cl)ccc1SC1CCCC1. The summed E-state index contributed by atoms with van der Waals surface area (Å²) in [5, 5.41) is 7.57. The summed E-state index contributed by atoms with van der Waals surface area (Å²) in [7, 11) is 0. The van der Waals surface area contributed by atoms with E-state index in [4.69, 9.17) is 11.6 Å². The van der Waals surface area contributed by atoms with E-state index in [0.717, 1.165) is 23.7 Å². The van der Waals surface area contributed by atoms with Crippen LogP contribution in [0, 0.1) is 0 Å². The molecule has 2 aliphatic rings. The normalized spacial score (nSPS) is 16.8. The van der Waals surface area contributed by atoms with Crippen molar-refractivity contribution in [3.63, 3.8) is 0 Å². The molecule has 0 radical (unpaired) electrons. The van der Waals surface area contributed by atoms with Gasteiger partial charge in [0, 0.05) is 33.9 Å². The Labute approximate surface area is 157 Å². The Morgan fingerprint density at radius 2 is 1.88 bits per heavy atom. The molecule has 5 heteroatoms. The summed E-state index contributed by atoms with van der Waals surface area (Å²) in [6.07, 6.45) is 5.03. The second-order valence-electron chi connectivity index (χ2n) is 6.71. The van der Waals surface area contributed by atoms with Crippen molar-refractivity contribution in [2.75, 3.05) is 5.32 Å². The molecule has 25 heavy (non-hydrogen) atoms. The summed E-state index contributed by atoms with van der Waals surface area (Å²) in [4.78, 5) is 13.9. The maximum atomic E-state index is 12.9. The monoisotopic (exact) mass is 372 g/mol. The molecule has 0 spiro atoms. The average molecular weight is 373 g/mol. The number of rotatable bonds is 4. The molecule has 2 aromatic carbocycles. The maximum Gasteiger partial charge on any atom is 0.256 e. The van der Waals surface area contributed by atoms with Gasteiger partial charge in [-0.15, -0.1) is 11.8 Å². The number of nitrogens with one attached hydrogen (secondary N) is 2. The first kappa shape index (κ1) is 17.0. The van der Waals surface area contributed by atoms with Crippen LogP contribution in [0.2, 0.25) is 5.02 Å². The van der Waals surface area contributed by atoms with Crippen LogP contribution in [0.1, 0.15) is 47.2 Å². The molecule has 1 saturated carbocycles. The van der Waals surface area contributed by atoms with Crippen LogP contribution in [-0.4, -0.2) is 11.2 Å². The van der Waals surface area contributed by atoms with Crippen LogP contribution < -0.4 is 10.6 Å². The van der Waals surface area contributed by atoms with E-state index in [-0.39, 0.29) is 5.91 Å². The summed E-state index contributed by atoms with van der Waals surface area (Å²) in [5.41, 5.74) is 4.06. The van der Waals surface area contributed by atoms with Gasteiger partial charge in [0.1, 0.15) is 0 Å². The first-order valence-electron chi connectivity index (χ1n) is 8.79. The highest BCUT2D eigenvalue weighted by molar-refractivity contribution is 8.00. The molecule has 1 fully saturated rings. The van der Waals surface area contributed by atoms with Crippen molar-refractivity contribution < 1.29 is 4.79 Å². The van der Waals surface area contributed by atoms with Crippen LogP contribution in [0.4, 0.5) is 5.69 Å². The fraction of sp³-hybridized carbons (Fsp3) is 0.350. The lowest BCUT2D eigenvalue weighted by atomic mass is 10.1. The lowest BCUT2D eigenvalue weighted by Crippen LogP contribution is -2.14. The standard InChI is InChI=1S/C20H21ClN2OS/c21-15-6-8-19(25-17-3-1-2-4-17)18(10-15)20(24)23-16-7-5-13-11-22-12-14(13)9-16/h5-10,17,22H,1-4,11-12H2,(H,23,24). The Bertz CT molecular complexity index is 802. The van der Waals surface area contributed by atoms with Crippen LogP contribution in [-0.2, 0) is 13.1 Å². The quantitative estimate of drug-likeness (QED) is 0.772. The number of fused-ring (bicyclic) bond motifs is 1. The number of amides is 1. The molecule has 0 saturated heterocycles. The minimum Gasteiger partial charge on any atom is -0.322 e. The first-order valence-corrected chi connectivity index (χ1v) is 10.0. The topological polar surface area (TPSA) is 41.1 Å². The number of hydrogen-bond donors (Lipinski definition) is 2. The van der Waals surface area contributed by atoms with Gasteiger partial charge in [0.25, 0.3) is 5.91 Å². The molecule has 0 atom stereocenters. The number of thioether (sulfide) groups is 1. The summed E-state index contributed by atoms with van der Waals surface area (Å²) in [6.45, 7) is 1.76.